The minimum absolute atomic E-state index is 0.197. The fourth-order valence-corrected chi connectivity index (χ4v) is 0.937. The summed E-state index contributed by atoms with van der Waals surface area (Å²) < 4.78 is 14.9. The Morgan fingerprint density at radius 3 is 2.64 bits per heavy atom. The second-order valence-electron chi connectivity index (χ2n) is 2.65. The first kappa shape index (κ1) is 13.7. The Bertz CT molecular complexity index is 141. The summed E-state index contributed by atoms with van der Waals surface area (Å²) in [7, 11) is 1.63. The van der Waals surface area contributed by atoms with Crippen LogP contribution < -0.4 is 0 Å². The smallest absolute Gasteiger partial charge is 0.306 e. The zero-order valence-corrected chi connectivity index (χ0v) is 9.42. The Labute approximate surface area is 90.3 Å². The van der Waals surface area contributed by atoms with Crippen LogP contribution in [0.5, 0.6) is 0 Å². The Kier molecular flexibility index (Phi) is 10.6. The summed E-state index contributed by atoms with van der Waals surface area (Å²) in [6, 6.07) is 0. The largest absolute Gasteiger partial charge is 0.466 e. The van der Waals surface area contributed by atoms with Gasteiger partial charge >= 0.3 is 5.97 Å². The van der Waals surface area contributed by atoms with Crippen LogP contribution in [-0.4, -0.2) is 45.3 Å². The quantitative estimate of drug-likeness (QED) is 0.358. The molecule has 0 radical (unpaired) electrons. The van der Waals surface area contributed by atoms with Crippen molar-refractivity contribution in [2.75, 3.05) is 39.3 Å². The van der Waals surface area contributed by atoms with E-state index in [1.54, 1.807) is 7.11 Å². The van der Waals surface area contributed by atoms with Gasteiger partial charge in [0.1, 0.15) is 0 Å². The molecule has 84 valence electrons. The van der Waals surface area contributed by atoms with Gasteiger partial charge in [-0.15, -0.1) is 0 Å². The summed E-state index contributed by atoms with van der Waals surface area (Å²) in [5.41, 5.74) is 0. The first-order valence-corrected chi connectivity index (χ1v) is 5.27. The van der Waals surface area contributed by atoms with Crippen molar-refractivity contribution in [2.45, 2.75) is 12.8 Å². The molecule has 0 aliphatic carbocycles. The van der Waals surface area contributed by atoms with Crippen LogP contribution in [0.1, 0.15) is 12.8 Å². The molecule has 4 nitrogen and oxygen atoms in total. The van der Waals surface area contributed by atoms with E-state index in [4.69, 9.17) is 14.2 Å². The lowest BCUT2D eigenvalue weighted by Crippen LogP contribution is -2.09. The average molecular weight is 222 g/mol. The van der Waals surface area contributed by atoms with Crippen molar-refractivity contribution in [3.63, 3.8) is 0 Å². The van der Waals surface area contributed by atoms with E-state index < -0.39 is 0 Å². The highest BCUT2D eigenvalue weighted by Gasteiger charge is 1.99. The van der Waals surface area contributed by atoms with Gasteiger partial charge in [0.15, 0.2) is 0 Å². The summed E-state index contributed by atoms with van der Waals surface area (Å²) in [6.45, 7) is 2.19. The van der Waals surface area contributed by atoms with Crippen LogP contribution in [0.3, 0.4) is 0 Å². The number of carbonyl (C=O) groups is 1. The number of ether oxygens (including phenoxy) is 3. The van der Waals surface area contributed by atoms with Crippen molar-refractivity contribution < 1.29 is 19.0 Å². The Morgan fingerprint density at radius 1 is 1.21 bits per heavy atom. The Hall–Kier alpha value is -0.260. The Morgan fingerprint density at radius 2 is 2.00 bits per heavy atom. The van der Waals surface area contributed by atoms with E-state index in [1.807, 2.05) is 0 Å². The van der Waals surface area contributed by atoms with Gasteiger partial charge in [-0.25, -0.2) is 0 Å². The van der Waals surface area contributed by atoms with E-state index in [9.17, 15) is 4.79 Å². The molecule has 0 unspecified atom stereocenters. The van der Waals surface area contributed by atoms with E-state index >= 15 is 0 Å². The zero-order valence-electron chi connectivity index (χ0n) is 8.53. The Balaban J connectivity index is 3.01. The number of thiol groups is 1. The highest BCUT2D eigenvalue weighted by atomic mass is 32.1. The van der Waals surface area contributed by atoms with E-state index in [0.29, 0.717) is 38.6 Å². The molecule has 0 aliphatic heterocycles. The monoisotopic (exact) mass is 222 g/mol. The summed E-state index contributed by atoms with van der Waals surface area (Å²) in [6.07, 6.45) is 1.09. The molecule has 0 atom stereocenters. The third-order valence-corrected chi connectivity index (χ3v) is 1.67. The molecule has 0 heterocycles. The lowest BCUT2D eigenvalue weighted by atomic mass is 10.4. The van der Waals surface area contributed by atoms with Crippen molar-refractivity contribution in [3.8, 4) is 0 Å². The third-order valence-electron chi connectivity index (χ3n) is 1.44. The van der Waals surface area contributed by atoms with Crippen molar-refractivity contribution >= 4 is 18.6 Å². The van der Waals surface area contributed by atoms with Crippen LogP contribution in [0.25, 0.3) is 0 Å². The van der Waals surface area contributed by atoms with Crippen molar-refractivity contribution in [1.29, 1.82) is 0 Å². The number of hydrogen-bond donors (Lipinski definition) is 1. The van der Waals surface area contributed by atoms with Crippen molar-refractivity contribution in [3.05, 3.63) is 0 Å². The van der Waals surface area contributed by atoms with Crippen LogP contribution in [0.2, 0.25) is 0 Å². The summed E-state index contributed by atoms with van der Waals surface area (Å²) >= 11 is 3.92. The van der Waals surface area contributed by atoms with Crippen molar-refractivity contribution in [2.24, 2.45) is 0 Å². The number of esters is 1. The maximum atomic E-state index is 10.8. The normalized spacial score (nSPS) is 10.1. The molecule has 0 bridgehead atoms. The van der Waals surface area contributed by atoms with Gasteiger partial charge in [0, 0.05) is 25.9 Å². The van der Waals surface area contributed by atoms with E-state index in [1.165, 1.54) is 0 Å². The van der Waals surface area contributed by atoms with Gasteiger partial charge < -0.3 is 14.2 Å². The third kappa shape index (κ3) is 9.83. The van der Waals surface area contributed by atoms with Gasteiger partial charge in [-0.2, -0.15) is 12.6 Å². The number of hydrogen-bond acceptors (Lipinski definition) is 5. The molecule has 0 aromatic rings. The fourth-order valence-electron chi connectivity index (χ4n) is 0.755. The fraction of sp³-hybridized carbons (Fsp3) is 0.889. The zero-order chi connectivity index (χ0) is 10.6. The molecule has 0 aliphatic rings. The van der Waals surface area contributed by atoms with Crippen molar-refractivity contribution in [1.82, 2.24) is 0 Å². The average Bonchev–Trinajstić information content (AvgIpc) is 2.17. The summed E-state index contributed by atoms with van der Waals surface area (Å²) in [4.78, 5) is 10.8. The lowest BCUT2D eigenvalue weighted by Gasteiger charge is -2.04. The molecule has 0 amide bonds. The predicted molar refractivity (Wildman–Crippen MR) is 56.7 cm³/mol. The van der Waals surface area contributed by atoms with Gasteiger partial charge in [-0.1, -0.05) is 0 Å². The standard InChI is InChI=1S/C9H18O4S/c1-11-6-7-12-4-2-5-13-9(10)3-8-14/h14H,2-8H2,1H3. The molecule has 5 heteroatoms. The van der Waals surface area contributed by atoms with Gasteiger partial charge in [0.25, 0.3) is 0 Å². The molecule has 0 fully saturated rings. The maximum absolute atomic E-state index is 10.8. The summed E-state index contributed by atoms with van der Waals surface area (Å²) in [5, 5.41) is 0. The minimum Gasteiger partial charge on any atom is -0.466 e. The molecule has 14 heavy (non-hydrogen) atoms. The molecular formula is C9H18O4S. The van der Waals surface area contributed by atoms with Crippen LogP contribution in [-0.2, 0) is 19.0 Å². The molecule has 0 saturated carbocycles. The van der Waals surface area contributed by atoms with Gasteiger partial charge in [0.2, 0.25) is 0 Å². The van der Waals surface area contributed by atoms with Gasteiger partial charge in [-0.05, 0) is 0 Å². The van der Waals surface area contributed by atoms with Gasteiger partial charge in [0.05, 0.1) is 26.2 Å². The SMILES string of the molecule is COCCOCCCOC(=O)CCS. The second kappa shape index (κ2) is 10.8. The minimum atomic E-state index is -0.197. The van der Waals surface area contributed by atoms with Crippen LogP contribution in [0, 0.1) is 0 Å². The highest BCUT2D eigenvalue weighted by molar-refractivity contribution is 7.80. The van der Waals surface area contributed by atoms with Crippen LogP contribution >= 0.6 is 12.6 Å². The first-order valence-electron chi connectivity index (χ1n) is 4.64. The second-order valence-corrected chi connectivity index (χ2v) is 3.10. The summed E-state index contributed by atoms with van der Waals surface area (Å²) in [5.74, 6) is 0.334. The predicted octanol–water partition coefficient (Wildman–Crippen LogP) is 0.903. The lowest BCUT2D eigenvalue weighted by molar-refractivity contribution is -0.143. The number of rotatable bonds is 9. The van der Waals surface area contributed by atoms with Gasteiger partial charge in [-0.3, -0.25) is 4.79 Å². The maximum Gasteiger partial charge on any atom is 0.306 e. The molecule has 0 spiro atoms. The van der Waals surface area contributed by atoms with E-state index in [2.05, 4.69) is 12.6 Å². The first-order chi connectivity index (χ1) is 6.81. The molecule has 0 saturated heterocycles. The topological polar surface area (TPSA) is 44.8 Å². The van der Waals surface area contributed by atoms with Crippen LogP contribution in [0.4, 0.5) is 0 Å². The van der Waals surface area contributed by atoms with E-state index in [0.717, 1.165) is 6.42 Å². The molecule has 0 N–H and O–H groups in total. The molecular weight excluding hydrogens is 204 g/mol. The van der Waals surface area contributed by atoms with Crippen LogP contribution in [0.15, 0.2) is 0 Å². The number of methoxy groups -OCH3 is 1. The number of carbonyl (C=O) groups excluding carboxylic acids is 1. The van der Waals surface area contributed by atoms with E-state index in [-0.39, 0.29) is 5.97 Å². The molecule has 0 aromatic heterocycles. The molecule has 0 aromatic carbocycles. The highest BCUT2D eigenvalue weighted by Crippen LogP contribution is 1.91. The molecule has 0 rings (SSSR count).